The van der Waals surface area contributed by atoms with E-state index in [2.05, 4.69) is 10.3 Å². The molecule has 2 aliphatic heterocycles. The van der Waals surface area contributed by atoms with Crippen LogP contribution in [0.25, 0.3) is 0 Å². The van der Waals surface area contributed by atoms with E-state index in [1.54, 1.807) is 44.2 Å². The van der Waals surface area contributed by atoms with Gasteiger partial charge in [-0.05, 0) is 74.0 Å². The molecular formula is C33H27Cl2N3O8S2. The summed E-state index contributed by atoms with van der Waals surface area (Å²) in [5, 5.41) is 3.05. The summed E-state index contributed by atoms with van der Waals surface area (Å²) >= 11 is 14.1. The van der Waals surface area contributed by atoms with Gasteiger partial charge in [-0.15, -0.1) is 0 Å². The summed E-state index contributed by atoms with van der Waals surface area (Å²) in [6.07, 6.45) is 0. The molecule has 2 aliphatic rings. The van der Waals surface area contributed by atoms with Gasteiger partial charge in [0.1, 0.15) is 5.25 Å². The average Bonchev–Trinajstić information content (AvgIpc) is 3.56. The Hall–Kier alpha value is -4.30. The molecule has 48 heavy (non-hydrogen) atoms. The van der Waals surface area contributed by atoms with Crippen LogP contribution in [0.4, 0.5) is 11.4 Å². The van der Waals surface area contributed by atoms with Crippen LogP contribution in [0.15, 0.2) is 70.5 Å². The summed E-state index contributed by atoms with van der Waals surface area (Å²) in [5.74, 6) is -2.73. The first kappa shape index (κ1) is 33.6. The highest BCUT2D eigenvalue weighted by Gasteiger charge is 2.56. The molecule has 6 rings (SSSR count). The van der Waals surface area contributed by atoms with Crippen LogP contribution in [0.1, 0.15) is 40.6 Å². The minimum atomic E-state index is -0.843. The number of esters is 1. The van der Waals surface area contributed by atoms with Crippen LogP contribution in [0.2, 0.25) is 10.0 Å². The van der Waals surface area contributed by atoms with Gasteiger partial charge in [0.2, 0.25) is 11.8 Å². The molecule has 1 saturated heterocycles. The number of thiazole rings is 1. The van der Waals surface area contributed by atoms with Gasteiger partial charge in [0.25, 0.3) is 5.91 Å². The maximum atomic E-state index is 14.1. The Balaban J connectivity index is 1.28. The second-order valence-corrected chi connectivity index (χ2v) is 13.6. The van der Waals surface area contributed by atoms with Crippen LogP contribution in [0.5, 0.6) is 11.5 Å². The summed E-state index contributed by atoms with van der Waals surface area (Å²) in [6, 6.07) is 15.9. The Kier molecular flexibility index (Phi) is 9.83. The number of aromatic nitrogens is 1. The smallest absolute Gasteiger partial charge is 0.338 e. The van der Waals surface area contributed by atoms with Crippen molar-refractivity contribution < 1.29 is 33.4 Å². The quantitative estimate of drug-likeness (QED) is 0.146. The summed E-state index contributed by atoms with van der Waals surface area (Å²) in [7, 11) is 0. The second kappa shape index (κ2) is 14.0. The van der Waals surface area contributed by atoms with E-state index in [1.165, 1.54) is 30.3 Å². The van der Waals surface area contributed by atoms with E-state index in [1.807, 2.05) is 0 Å². The number of halogens is 2. The zero-order valence-corrected chi connectivity index (χ0v) is 28.6. The summed E-state index contributed by atoms with van der Waals surface area (Å²) in [4.78, 5) is 69.5. The lowest BCUT2D eigenvalue weighted by Crippen LogP contribution is -2.32. The first-order chi connectivity index (χ1) is 23.1. The SMILES string of the molecule is CCOC(=O)c1ccc(N2C(=O)C3Sc4[nH]c(=O)sc4C(c4ccc(OCC(=O)Nc5ccc(Cl)c(Cl)c5)c(OCC)c4)C3C2=O)cc1. The van der Waals surface area contributed by atoms with Crippen LogP contribution in [0.3, 0.4) is 0 Å². The van der Waals surface area contributed by atoms with Crippen molar-refractivity contribution >= 4 is 81.4 Å². The highest BCUT2D eigenvalue weighted by atomic mass is 35.5. The highest BCUT2D eigenvalue weighted by Crippen LogP contribution is 2.53. The van der Waals surface area contributed by atoms with Crippen LogP contribution >= 0.6 is 46.3 Å². The number of hydrogen-bond acceptors (Lipinski definition) is 10. The molecule has 0 spiro atoms. The zero-order valence-electron chi connectivity index (χ0n) is 25.4. The standard InChI is InChI=1S/C33H27Cl2N3O8S2/c1-3-44-23-13-17(7-12-22(23)46-15-24(39)36-18-8-11-20(34)21(35)14-18)25-26-28(47-29-27(25)48-33(43)37-29)31(41)38(30(26)40)19-9-5-16(6-10-19)32(42)45-4-2/h5-14,25-26,28H,3-4,15H2,1-2H3,(H,36,39)(H,37,43). The predicted octanol–water partition coefficient (Wildman–Crippen LogP) is 6.13. The normalized spacial score (nSPS) is 18.2. The van der Waals surface area contributed by atoms with Crippen molar-refractivity contribution in [3.05, 3.63) is 96.4 Å². The number of hydrogen-bond donors (Lipinski definition) is 2. The molecule has 1 aromatic heterocycles. The molecule has 3 amide bonds. The summed E-state index contributed by atoms with van der Waals surface area (Å²) in [6.45, 7) is 3.64. The predicted molar refractivity (Wildman–Crippen MR) is 183 cm³/mol. The number of carbonyl (C=O) groups is 4. The minimum Gasteiger partial charge on any atom is -0.490 e. The molecule has 3 aromatic carbocycles. The number of carbonyl (C=O) groups excluding carboxylic acids is 4. The monoisotopic (exact) mass is 727 g/mol. The molecular weight excluding hydrogens is 701 g/mol. The average molecular weight is 729 g/mol. The number of rotatable bonds is 10. The summed E-state index contributed by atoms with van der Waals surface area (Å²) in [5.41, 5.74) is 1.69. The number of ether oxygens (including phenoxy) is 3. The number of aromatic amines is 1. The molecule has 0 radical (unpaired) electrons. The number of nitrogens with zero attached hydrogens (tertiary/aromatic N) is 1. The zero-order chi connectivity index (χ0) is 34.1. The van der Waals surface area contributed by atoms with E-state index < -0.39 is 40.8 Å². The van der Waals surface area contributed by atoms with Crippen molar-refractivity contribution in [3.63, 3.8) is 0 Å². The Labute approximate surface area is 292 Å². The van der Waals surface area contributed by atoms with Crippen molar-refractivity contribution in [2.45, 2.75) is 30.0 Å². The van der Waals surface area contributed by atoms with Crippen molar-refractivity contribution in [1.82, 2.24) is 4.98 Å². The van der Waals surface area contributed by atoms with Gasteiger partial charge in [-0.25, -0.2) is 9.69 Å². The van der Waals surface area contributed by atoms with Crippen LogP contribution in [-0.4, -0.2) is 53.7 Å². The van der Waals surface area contributed by atoms with E-state index in [-0.39, 0.29) is 30.4 Å². The molecule has 0 saturated carbocycles. The molecule has 3 atom stereocenters. The Bertz CT molecular complexity index is 1980. The minimum absolute atomic E-state index is 0.214. The Morgan fingerprint density at radius 2 is 1.67 bits per heavy atom. The fraction of sp³-hybridized carbons (Fsp3) is 0.242. The van der Waals surface area contributed by atoms with Gasteiger partial charge in [0.15, 0.2) is 18.1 Å². The molecule has 0 bridgehead atoms. The van der Waals surface area contributed by atoms with Crippen molar-refractivity contribution in [2.75, 3.05) is 30.0 Å². The van der Waals surface area contributed by atoms with Gasteiger partial charge in [-0.2, -0.15) is 0 Å². The van der Waals surface area contributed by atoms with Gasteiger partial charge in [-0.3, -0.25) is 19.2 Å². The van der Waals surface area contributed by atoms with Crippen molar-refractivity contribution in [1.29, 1.82) is 0 Å². The maximum Gasteiger partial charge on any atom is 0.338 e. The largest absolute Gasteiger partial charge is 0.490 e. The molecule has 3 unspecified atom stereocenters. The number of H-pyrrole nitrogens is 1. The Morgan fingerprint density at radius 3 is 2.38 bits per heavy atom. The molecule has 2 N–H and O–H groups in total. The van der Waals surface area contributed by atoms with E-state index in [4.69, 9.17) is 37.4 Å². The van der Waals surface area contributed by atoms with Gasteiger partial charge in [-0.1, -0.05) is 52.4 Å². The lowest BCUT2D eigenvalue weighted by molar-refractivity contribution is -0.122. The summed E-state index contributed by atoms with van der Waals surface area (Å²) < 4.78 is 16.7. The van der Waals surface area contributed by atoms with Crippen molar-refractivity contribution in [3.8, 4) is 11.5 Å². The third-order valence-electron chi connectivity index (χ3n) is 7.65. The number of benzene rings is 3. The van der Waals surface area contributed by atoms with Crippen LogP contribution < -0.4 is 24.6 Å². The first-order valence-corrected chi connectivity index (χ1v) is 17.2. The lowest BCUT2D eigenvalue weighted by atomic mass is 9.83. The molecule has 0 aliphatic carbocycles. The van der Waals surface area contributed by atoms with Crippen molar-refractivity contribution in [2.24, 2.45) is 5.92 Å². The molecule has 11 nitrogen and oxygen atoms in total. The van der Waals surface area contributed by atoms with Crippen LogP contribution in [-0.2, 0) is 19.1 Å². The molecule has 15 heteroatoms. The van der Waals surface area contributed by atoms with E-state index in [9.17, 15) is 24.0 Å². The molecule has 1 fully saturated rings. The van der Waals surface area contributed by atoms with E-state index in [0.29, 0.717) is 48.2 Å². The highest BCUT2D eigenvalue weighted by molar-refractivity contribution is 8.00. The lowest BCUT2D eigenvalue weighted by Gasteiger charge is -2.30. The number of nitrogens with one attached hydrogen (secondary N) is 2. The van der Waals surface area contributed by atoms with Gasteiger partial charge < -0.3 is 24.5 Å². The number of amides is 3. The number of imide groups is 1. The third-order valence-corrected chi connectivity index (χ3v) is 10.8. The second-order valence-electron chi connectivity index (χ2n) is 10.6. The van der Waals surface area contributed by atoms with E-state index in [0.717, 1.165) is 28.0 Å². The third kappa shape index (κ3) is 6.55. The van der Waals surface area contributed by atoms with E-state index >= 15 is 0 Å². The van der Waals surface area contributed by atoms with Crippen LogP contribution in [0, 0.1) is 5.92 Å². The molecule has 248 valence electrons. The van der Waals surface area contributed by atoms with Gasteiger partial charge in [0, 0.05) is 16.5 Å². The van der Waals surface area contributed by atoms with Gasteiger partial charge in [0.05, 0.1) is 45.5 Å². The first-order valence-electron chi connectivity index (χ1n) is 14.8. The van der Waals surface area contributed by atoms with Gasteiger partial charge >= 0.3 is 10.8 Å². The fourth-order valence-corrected chi connectivity index (χ4v) is 8.42. The number of anilines is 2. The maximum absolute atomic E-state index is 14.1. The topological polar surface area (TPSA) is 144 Å². The number of thioether (sulfide) groups is 1. The fourth-order valence-electron chi connectivity index (χ4n) is 5.61. The number of fused-ring (bicyclic) bond motifs is 2. The Morgan fingerprint density at radius 1 is 0.896 bits per heavy atom. The molecule has 4 aromatic rings. The molecule has 3 heterocycles.